The van der Waals surface area contributed by atoms with Crippen LogP contribution in [-0.4, -0.2) is 18.2 Å². The normalized spacial score (nSPS) is 10.8. The number of benzene rings is 2. The zero-order valence-corrected chi connectivity index (χ0v) is 12.2. The number of aldehydes is 1. The molecule has 0 N–H and O–H groups in total. The lowest BCUT2D eigenvalue weighted by molar-refractivity contribution is 0.112. The summed E-state index contributed by atoms with van der Waals surface area (Å²) in [6.07, 6.45) is 4.73. The van der Waals surface area contributed by atoms with Crippen molar-refractivity contribution in [2.24, 2.45) is 0 Å². The maximum absolute atomic E-state index is 12.9. The van der Waals surface area contributed by atoms with Gasteiger partial charge >= 0.3 is 0 Å². The molecule has 0 saturated heterocycles. The molecule has 2 aromatic rings. The highest BCUT2D eigenvalue weighted by Gasteiger charge is 2.02. The Balaban J connectivity index is 2.10. The van der Waals surface area contributed by atoms with Crippen molar-refractivity contribution in [1.29, 1.82) is 0 Å². The van der Waals surface area contributed by atoms with Crippen molar-refractivity contribution < 1.29 is 9.18 Å². The average molecular weight is 283 g/mol. The number of aryl methyl sites for hydroxylation is 1. The molecule has 0 bridgehead atoms. The van der Waals surface area contributed by atoms with Gasteiger partial charge < -0.3 is 4.90 Å². The van der Waals surface area contributed by atoms with E-state index in [1.165, 1.54) is 12.1 Å². The van der Waals surface area contributed by atoms with E-state index in [1.807, 2.05) is 43.3 Å². The van der Waals surface area contributed by atoms with E-state index in [0.717, 1.165) is 23.0 Å². The van der Waals surface area contributed by atoms with Crippen LogP contribution in [-0.2, 0) is 6.54 Å². The van der Waals surface area contributed by atoms with Crippen molar-refractivity contribution in [2.45, 2.75) is 13.5 Å². The van der Waals surface area contributed by atoms with Crippen LogP contribution in [0.4, 0.5) is 4.39 Å². The van der Waals surface area contributed by atoms with E-state index in [4.69, 9.17) is 0 Å². The lowest BCUT2D eigenvalue weighted by atomic mass is 10.0. The lowest BCUT2D eigenvalue weighted by Gasteiger charge is -2.14. The number of nitrogens with zero attached hydrogens (tertiary/aromatic N) is 1. The summed E-state index contributed by atoms with van der Waals surface area (Å²) in [7, 11) is 1.94. The molecule has 2 aromatic carbocycles. The smallest absolute Gasteiger partial charge is 0.150 e. The number of hydrogen-bond donors (Lipinski definition) is 0. The van der Waals surface area contributed by atoms with Gasteiger partial charge in [0.25, 0.3) is 0 Å². The third kappa shape index (κ3) is 4.02. The largest absolute Gasteiger partial charge is 0.376 e. The Hall–Kier alpha value is -2.42. The van der Waals surface area contributed by atoms with Gasteiger partial charge in [-0.1, -0.05) is 30.3 Å². The van der Waals surface area contributed by atoms with E-state index < -0.39 is 0 Å². The van der Waals surface area contributed by atoms with Crippen LogP contribution < -0.4 is 0 Å². The van der Waals surface area contributed by atoms with Gasteiger partial charge in [0.1, 0.15) is 5.82 Å². The molecule has 0 amide bonds. The van der Waals surface area contributed by atoms with Crippen LogP contribution in [0.2, 0.25) is 0 Å². The molecule has 0 fully saturated rings. The molecule has 0 aliphatic heterocycles. The van der Waals surface area contributed by atoms with Gasteiger partial charge in [0.15, 0.2) is 6.29 Å². The first-order valence-electron chi connectivity index (χ1n) is 6.78. The van der Waals surface area contributed by atoms with Crippen LogP contribution in [0.3, 0.4) is 0 Å². The minimum Gasteiger partial charge on any atom is -0.376 e. The second kappa shape index (κ2) is 6.84. The first kappa shape index (κ1) is 15.0. The SMILES string of the molecule is Cc1cccc(C=O)c1/C=C\N(C)Cc1ccc(F)cc1. The molecule has 2 rings (SSSR count). The van der Waals surface area contributed by atoms with Crippen LogP contribution in [0.25, 0.3) is 6.08 Å². The highest BCUT2D eigenvalue weighted by atomic mass is 19.1. The maximum Gasteiger partial charge on any atom is 0.150 e. The van der Waals surface area contributed by atoms with E-state index >= 15 is 0 Å². The molecule has 21 heavy (non-hydrogen) atoms. The van der Waals surface area contributed by atoms with Crippen LogP contribution in [0.15, 0.2) is 48.7 Å². The van der Waals surface area contributed by atoms with Crippen molar-refractivity contribution in [2.75, 3.05) is 7.05 Å². The maximum atomic E-state index is 12.9. The van der Waals surface area contributed by atoms with E-state index in [2.05, 4.69) is 0 Å². The highest BCUT2D eigenvalue weighted by molar-refractivity contribution is 5.82. The molecule has 0 saturated carbocycles. The summed E-state index contributed by atoms with van der Waals surface area (Å²) in [5.41, 5.74) is 3.70. The summed E-state index contributed by atoms with van der Waals surface area (Å²) in [5.74, 6) is -0.229. The molecule has 108 valence electrons. The monoisotopic (exact) mass is 283 g/mol. The third-order valence-electron chi connectivity index (χ3n) is 3.33. The topological polar surface area (TPSA) is 20.3 Å². The minimum absolute atomic E-state index is 0.229. The highest BCUT2D eigenvalue weighted by Crippen LogP contribution is 2.15. The number of carbonyl (C=O) groups excluding carboxylic acids is 1. The van der Waals surface area contributed by atoms with Crippen molar-refractivity contribution in [3.05, 3.63) is 76.7 Å². The number of halogens is 1. The molecule has 0 atom stereocenters. The summed E-state index contributed by atoms with van der Waals surface area (Å²) in [4.78, 5) is 13.1. The Labute approximate surface area is 124 Å². The second-order valence-corrected chi connectivity index (χ2v) is 5.05. The zero-order chi connectivity index (χ0) is 15.2. The summed E-state index contributed by atoms with van der Waals surface area (Å²) >= 11 is 0. The molecule has 0 spiro atoms. The van der Waals surface area contributed by atoms with Crippen LogP contribution in [0.5, 0.6) is 0 Å². The molecular weight excluding hydrogens is 265 g/mol. The fourth-order valence-electron chi connectivity index (χ4n) is 2.17. The fourth-order valence-corrected chi connectivity index (χ4v) is 2.17. The number of carbonyl (C=O) groups is 1. The van der Waals surface area contributed by atoms with Gasteiger partial charge in [-0.2, -0.15) is 0 Å². The van der Waals surface area contributed by atoms with Gasteiger partial charge in [-0.3, -0.25) is 4.79 Å². The Kier molecular flexibility index (Phi) is 4.88. The van der Waals surface area contributed by atoms with Gasteiger partial charge in [0, 0.05) is 19.2 Å². The molecule has 0 aliphatic rings. The van der Waals surface area contributed by atoms with Crippen LogP contribution in [0, 0.1) is 12.7 Å². The quantitative estimate of drug-likeness (QED) is 0.772. The van der Waals surface area contributed by atoms with E-state index in [9.17, 15) is 9.18 Å². The lowest BCUT2D eigenvalue weighted by Crippen LogP contribution is -2.09. The zero-order valence-electron chi connectivity index (χ0n) is 12.2. The van der Waals surface area contributed by atoms with Crippen molar-refractivity contribution in [3.8, 4) is 0 Å². The third-order valence-corrected chi connectivity index (χ3v) is 3.33. The fraction of sp³-hybridized carbons (Fsp3) is 0.167. The second-order valence-electron chi connectivity index (χ2n) is 5.05. The van der Waals surface area contributed by atoms with Crippen molar-refractivity contribution >= 4 is 12.4 Å². The van der Waals surface area contributed by atoms with Gasteiger partial charge in [0.05, 0.1) is 0 Å². The first-order chi connectivity index (χ1) is 10.1. The molecule has 2 nitrogen and oxygen atoms in total. The minimum atomic E-state index is -0.229. The average Bonchev–Trinajstić information content (AvgIpc) is 2.48. The Morgan fingerprint density at radius 2 is 1.86 bits per heavy atom. The van der Waals surface area contributed by atoms with Gasteiger partial charge in [-0.15, -0.1) is 0 Å². The molecule has 0 aliphatic carbocycles. The Morgan fingerprint density at radius 1 is 1.14 bits per heavy atom. The molecule has 0 heterocycles. The standard InChI is InChI=1S/C18H18FNO/c1-14-4-3-5-16(13-21)18(14)10-11-20(2)12-15-6-8-17(19)9-7-15/h3-11,13H,12H2,1-2H3/b11-10-. The summed E-state index contributed by atoms with van der Waals surface area (Å²) in [6.45, 7) is 2.66. The Morgan fingerprint density at radius 3 is 2.52 bits per heavy atom. The molecule has 0 unspecified atom stereocenters. The molecule has 0 radical (unpaired) electrons. The summed E-state index contributed by atoms with van der Waals surface area (Å²) < 4.78 is 12.9. The van der Waals surface area contributed by atoms with E-state index in [-0.39, 0.29) is 5.82 Å². The van der Waals surface area contributed by atoms with Gasteiger partial charge in [0.2, 0.25) is 0 Å². The summed E-state index contributed by atoms with van der Waals surface area (Å²) in [5, 5.41) is 0. The van der Waals surface area contributed by atoms with Crippen LogP contribution >= 0.6 is 0 Å². The molecular formula is C18H18FNO. The van der Waals surface area contributed by atoms with E-state index in [0.29, 0.717) is 12.1 Å². The van der Waals surface area contributed by atoms with Crippen molar-refractivity contribution in [1.82, 2.24) is 4.90 Å². The first-order valence-corrected chi connectivity index (χ1v) is 6.78. The molecule has 0 aromatic heterocycles. The van der Waals surface area contributed by atoms with Crippen molar-refractivity contribution in [3.63, 3.8) is 0 Å². The summed E-state index contributed by atoms with van der Waals surface area (Å²) in [6, 6.07) is 12.1. The number of hydrogen-bond acceptors (Lipinski definition) is 2. The predicted octanol–water partition coefficient (Wildman–Crippen LogP) is 4.05. The van der Waals surface area contributed by atoms with E-state index in [1.54, 1.807) is 18.2 Å². The Bertz CT molecular complexity index is 647. The molecule has 3 heteroatoms. The van der Waals surface area contributed by atoms with Gasteiger partial charge in [-0.25, -0.2) is 4.39 Å². The predicted molar refractivity (Wildman–Crippen MR) is 83.5 cm³/mol. The van der Waals surface area contributed by atoms with Crippen LogP contribution in [0.1, 0.15) is 27.0 Å². The number of rotatable bonds is 5. The van der Waals surface area contributed by atoms with Gasteiger partial charge in [-0.05, 0) is 48.0 Å².